The lowest BCUT2D eigenvalue weighted by Crippen LogP contribution is -2.34. The van der Waals surface area contributed by atoms with E-state index in [-0.39, 0.29) is 0 Å². The van der Waals surface area contributed by atoms with Gasteiger partial charge in [0.1, 0.15) is 0 Å². The lowest BCUT2D eigenvalue weighted by Gasteiger charge is -2.05. The van der Waals surface area contributed by atoms with Crippen molar-refractivity contribution in [1.29, 1.82) is 0 Å². The van der Waals surface area contributed by atoms with Crippen molar-refractivity contribution in [2.24, 2.45) is 5.84 Å². The molecule has 0 aliphatic rings. The fourth-order valence-electron chi connectivity index (χ4n) is 1.30. The first-order chi connectivity index (χ1) is 7.26. The van der Waals surface area contributed by atoms with Crippen LogP contribution in [0.5, 0.6) is 0 Å². The Morgan fingerprint density at radius 3 is 2.53 bits per heavy atom. The van der Waals surface area contributed by atoms with Crippen LogP contribution in [0.2, 0.25) is 0 Å². The van der Waals surface area contributed by atoms with Crippen molar-refractivity contribution < 1.29 is 4.79 Å². The minimum Gasteiger partial charge on any atom is -0.307 e. The third-order valence-electron chi connectivity index (χ3n) is 2.16. The molecular weight excluding hydrogens is 190 g/mol. The van der Waals surface area contributed by atoms with Gasteiger partial charge in [0.15, 0.2) is 0 Å². The van der Waals surface area contributed by atoms with Crippen molar-refractivity contribution in [3.8, 4) is 0 Å². The van der Waals surface area contributed by atoms with E-state index < -0.39 is 6.03 Å². The molecule has 0 aliphatic heterocycles. The fraction of sp³-hybridized carbons (Fsp3) is 0.364. The molecule has 1 aromatic rings. The monoisotopic (exact) mass is 207 g/mol. The predicted octanol–water partition coefficient (Wildman–Crippen LogP) is 2.02. The molecule has 0 saturated heterocycles. The summed E-state index contributed by atoms with van der Waals surface area (Å²) in [6.07, 6.45) is 3.46. The zero-order valence-corrected chi connectivity index (χ0v) is 8.92. The molecule has 0 bridgehead atoms. The molecule has 0 saturated carbocycles. The Morgan fingerprint density at radius 2 is 2.00 bits per heavy atom. The van der Waals surface area contributed by atoms with Crippen LogP contribution in [0.4, 0.5) is 10.5 Å². The van der Waals surface area contributed by atoms with Crippen LogP contribution < -0.4 is 16.6 Å². The van der Waals surface area contributed by atoms with Gasteiger partial charge in [-0.15, -0.1) is 0 Å². The fourth-order valence-corrected chi connectivity index (χ4v) is 1.30. The molecule has 4 heteroatoms. The lowest BCUT2D eigenvalue weighted by atomic mass is 10.1. The van der Waals surface area contributed by atoms with E-state index in [2.05, 4.69) is 12.2 Å². The number of hydrogen-bond donors (Lipinski definition) is 3. The van der Waals surface area contributed by atoms with Crippen LogP contribution in [0.15, 0.2) is 24.3 Å². The summed E-state index contributed by atoms with van der Waals surface area (Å²) in [4.78, 5) is 10.9. The van der Waals surface area contributed by atoms with Crippen LogP contribution in [-0.4, -0.2) is 6.03 Å². The number of unbranched alkanes of at least 4 members (excludes halogenated alkanes) is 1. The van der Waals surface area contributed by atoms with Crippen LogP contribution >= 0.6 is 0 Å². The number of hydrogen-bond acceptors (Lipinski definition) is 2. The molecule has 15 heavy (non-hydrogen) atoms. The summed E-state index contributed by atoms with van der Waals surface area (Å²) >= 11 is 0. The maximum Gasteiger partial charge on any atom is 0.333 e. The number of urea groups is 1. The first kappa shape index (κ1) is 11.5. The van der Waals surface area contributed by atoms with Crippen molar-refractivity contribution in [1.82, 2.24) is 5.43 Å². The van der Waals surface area contributed by atoms with Crippen LogP contribution in [0.3, 0.4) is 0 Å². The summed E-state index contributed by atoms with van der Waals surface area (Å²) in [6, 6.07) is 7.38. The van der Waals surface area contributed by atoms with E-state index in [9.17, 15) is 4.79 Å². The molecule has 0 aliphatic carbocycles. The summed E-state index contributed by atoms with van der Waals surface area (Å²) in [7, 11) is 0. The topological polar surface area (TPSA) is 67.2 Å². The summed E-state index contributed by atoms with van der Waals surface area (Å²) < 4.78 is 0. The van der Waals surface area contributed by atoms with Crippen molar-refractivity contribution in [2.75, 3.05) is 5.32 Å². The predicted molar refractivity (Wildman–Crippen MR) is 61.4 cm³/mol. The number of carbonyl (C=O) groups excluding carboxylic acids is 1. The zero-order chi connectivity index (χ0) is 11.1. The second-order valence-electron chi connectivity index (χ2n) is 3.40. The van der Waals surface area contributed by atoms with E-state index in [0.29, 0.717) is 0 Å². The third-order valence-corrected chi connectivity index (χ3v) is 2.16. The highest BCUT2D eigenvalue weighted by molar-refractivity contribution is 5.88. The first-order valence-corrected chi connectivity index (χ1v) is 5.12. The molecule has 0 atom stereocenters. The van der Waals surface area contributed by atoms with Crippen molar-refractivity contribution >= 4 is 11.7 Å². The Balaban J connectivity index is 2.52. The van der Waals surface area contributed by atoms with Gasteiger partial charge in [-0.1, -0.05) is 25.5 Å². The van der Waals surface area contributed by atoms with Gasteiger partial charge in [-0.3, -0.25) is 5.43 Å². The number of nitrogens with two attached hydrogens (primary N) is 1. The standard InChI is InChI=1S/C11H17N3O/c1-2-3-4-9-5-7-10(8-6-9)13-11(15)14-12/h5-8H,2-4,12H2,1H3,(H2,13,14,15). The molecule has 0 spiro atoms. The van der Waals surface area contributed by atoms with E-state index in [1.807, 2.05) is 29.7 Å². The minimum atomic E-state index is -0.406. The average molecular weight is 207 g/mol. The molecule has 0 aromatic heterocycles. The highest BCUT2D eigenvalue weighted by Crippen LogP contribution is 2.11. The molecule has 82 valence electrons. The van der Waals surface area contributed by atoms with E-state index >= 15 is 0 Å². The van der Waals surface area contributed by atoms with Gasteiger partial charge in [0.25, 0.3) is 0 Å². The van der Waals surface area contributed by atoms with Crippen molar-refractivity contribution in [3.05, 3.63) is 29.8 Å². The Kier molecular flexibility index (Phi) is 4.63. The quantitative estimate of drug-likeness (QED) is 0.401. The summed E-state index contributed by atoms with van der Waals surface area (Å²) in [5.41, 5.74) is 4.05. The molecule has 0 fully saturated rings. The van der Waals surface area contributed by atoms with Gasteiger partial charge >= 0.3 is 6.03 Å². The highest BCUT2D eigenvalue weighted by Gasteiger charge is 1.98. The van der Waals surface area contributed by atoms with E-state index in [0.717, 1.165) is 12.1 Å². The average Bonchev–Trinajstić information content (AvgIpc) is 2.28. The lowest BCUT2D eigenvalue weighted by molar-refractivity contribution is 0.252. The van der Waals surface area contributed by atoms with Crippen LogP contribution in [-0.2, 0) is 6.42 Å². The molecule has 0 heterocycles. The summed E-state index contributed by atoms with van der Waals surface area (Å²) in [5, 5.41) is 2.60. The number of amides is 2. The summed E-state index contributed by atoms with van der Waals surface area (Å²) in [6.45, 7) is 2.17. The SMILES string of the molecule is CCCCc1ccc(NC(=O)NN)cc1. The zero-order valence-electron chi connectivity index (χ0n) is 8.92. The minimum absolute atomic E-state index is 0.406. The van der Waals surface area contributed by atoms with Crippen molar-refractivity contribution in [2.45, 2.75) is 26.2 Å². The number of nitrogens with one attached hydrogen (secondary N) is 2. The first-order valence-electron chi connectivity index (χ1n) is 5.12. The Morgan fingerprint density at radius 1 is 1.33 bits per heavy atom. The second kappa shape index (κ2) is 6.03. The van der Waals surface area contributed by atoms with Gasteiger partial charge in [-0.05, 0) is 30.5 Å². The second-order valence-corrected chi connectivity index (χ2v) is 3.40. The molecule has 4 N–H and O–H groups in total. The van der Waals surface area contributed by atoms with Gasteiger partial charge in [0.2, 0.25) is 0 Å². The number of carbonyl (C=O) groups is 1. The molecular formula is C11H17N3O. The van der Waals surface area contributed by atoms with Gasteiger partial charge in [-0.2, -0.15) is 0 Å². The molecule has 1 rings (SSSR count). The smallest absolute Gasteiger partial charge is 0.307 e. The van der Waals surface area contributed by atoms with Gasteiger partial charge in [0.05, 0.1) is 0 Å². The molecule has 2 amide bonds. The molecule has 4 nitrogen and oxygen atoms in total. The Labute approximate surface area is 89.8 Å². The van der Waals surface area contributed by atoms with E-state index in [1.54, 1.807) is 0 Å². The molecule has 0 radical (unpaired) electrons. The number of aryl methyl sites for hydroxylation is 1. The van der Waals surface area contributed by atoms with Gasteiger partial charge in [-0.25, -0.2) is 10.6 Å². The number of anilines is 1. The van der Waals surface area contributed by atoms with Gasteiger partial charge in [0, 0.05) is 5.69 Å². The van der Waals surface area contributed by atoms with Crippen molar-refractivity contribution in [3.63, 3.8) is 0 Å². The molecule has 1 aromatic carbocycles. The normalized spacial score (nSPS) is 9.73. The Bertz CT molecular complexity index is 308. The maximum atomic E-state index is 10.9. The van der Waals surface area contributed by atoms with E-state index in [4.69, 9.17) is 5.84 Å². The van der Waals surface area contributed by atoms with Gasteiger partial charge < -0.3 is 5.32 Å². The van der Waals surface area contributed by atoms with Crippen LogP contribution in [0, 0.1) is 0 Å². The summed E-state index contributed by atoms with van der Waals surface area (Å²) in [5.74, 6) is 4.95. The molecule has 0 unspecified atom stereocenters. The van der Waals surface area contributed by atoms with E-state index in [1.165, 1.54) is 18.4 Å². The van der Waals surface area contributed by atoms with Crippen LogP contribution in [0.1, 0.15) is 25.3 Å². The highest BCUT2D eigenvalue weighted by atomic mass is 16.2. The number of hydrazine groups is 1. The van der Waals surface area contributed by atoms with Crippen LogP contribution in [0.25, 0.3) is 0 Å². The number of benzene rings is 1. The maximum absolute atomic E-state index is 10.9. The number of rotatable bonds is 4. The third kappa shape index (κ3) is 3.99. The largest absolute Gasteiger partial charge is 0.333 e. The Hall–Kier alpha value is -1.55.